The first-order chi connectivity index (χ1) is 14.7. The number of likely N-dealkylation sites (tertiary alicyclic amines) is 1. The molecule has 1 aromatic heterocycles. The Morgan fingerprint density at radius 2 is 1.97 bits per heavy atom. The van der Waals surface area contributed by atoms with Gasteiger partial charge in [0.1, 0.15) is 6.10 Å². The van der Waals surface area contributed by atoms with Crippen LogP contribution in [0.1, 0.15) is 57.9 Å². The van der Waals surface area contributed by atoms with Crippen LogP contribution in [0.25, 0.3) is 0 Å². The van der Waals surface area contributed by atoms with Crippen molar-refractivity contribution in [3.8, 4) is 5.88 Å². The lowest BCUT2D eigenvalue weighted by molar-refractivity contribution is 0.0963. The van der Waals surface area contributed by atoms with E-state index >= 15 is 0 Å². The van der Waals surface area contributed by atoms with E-state index in [1.165, 1.54) is 12.8 Å². The van der Waals surface area contributed by atoms with E-state index in [1.54, 1.807) is 11.1 Å². The summed E-state index contributed by atoms with van der Waals surface area (Å²) < 4.78 is 11.2. The van der Waals surface area contributed by atoms with Crippen molar-refractivity contribution < 1.29 is 14.3 Å². The molecule has 1 saturated heterocycles. The number of hydrogen-bond acceptors (Lipinski definition) is 5. The number of carbonyl (C=O) groups is 1. The van der Waals surface area contributed by atoms with Gasteiger partial charge in [-0.2, -0.15) is 0 Å². The number of aliphatic imine (C=N–C) groups is 1. The highest BCUT2D eigenvalue weighted by atomic mass is 127. The highest BCUT2D eigenvalue weighted by Gasteiger charge is 2.24. The van der Waals surface area contributed by atoms with Crippen molar-refractivity contribution in [2.75, 3.05) is 26.2 Å². The van der Waals surface area contributed by atoms with Crippen molar-refractivity contribution in [3.63, 3.8) is 0 Å². The number of carbonyl (C=O) groups excluding carboxylic acids is 1. The van der Waals surface area contributed by atoms with Gasteiger partial charge in [-0.05, 0) is 58.4 Å². The zero-order valence-corrected chi connectivity index (χ0v) is 21.0. The molecule has 0 unspecified atom stereocenters. The molecule has 0 atom stereocenters. The highest BCUT2D eigenvalue weighted by molar-refractivity contribution is 14.0. The Morgan fingerprint density at radius 3 is 2.65 bits per heavy atom. The first-order valence-corrected chi connectivity index (χ1v) is 11.3. The molecule has 0 radical (unpaired) electrons. The summed E-state index contributed by atoms with van der Waals surface area (Å²) in [5, 5.41) is 6.83. The van der Waals surface area contributed by atoms with Crippen molar-refractivity contribution in [1.82, 2.24) is 20.5 Å². The van der Waals surface area contributed by atoms with Crippen molar-refractivity contribution in [1.29, 1.82) is 0 Å². The molecule has 9 heteroatoms. The van der Waals surface area contributed by atoms with Crippen LogP contribution in [0.15, 0.2) is 23.3 Å². The maximum atomic E-state index is 11.9. The molecule has 2 heterocycles. The second-order valence-electron chi connectivity index (χ2n) is 7.79. The van der Waals surface area contributed by atoms with E-state index in [0.29, 0.717) is 32.1 Å². The minimum Gasteiger partial charge on any atom is -0.474 e. The van der Waals surface area contributed by atoms with E-state index in [9.17, 15) is 4.79 Å². The number of nitrogens with zero attached hydrogens (tertiary/aromatic N) is 3. The molecule has 1 amide bonds. The topological polar surface area (TPSA) is 88.1 Å². The minimum absolute atomic E-state index is 0. The number of ether oxygens (including phenoxy) is 2. The van der Waals surface area contributed by atoms with Gasteiger partial charge in [0.2, 0.25) is 5.88 Å². The van der Waals surface area contributed by atoms with Crippen LogP contribution in [0.4, 0.5) is 4.79 Å². The third-order valence-corrected chi connectivity index (χ3v) is 5.54. The maximum Gasteiger partial charge on any atom is 0.409 e. The first-order valence-electron chi connectivity index (χ1n) is 11.3. The van der Waals surface area contributed by atoms with E-state index in [2.05, 4.69) is 22.5 Å². The molecule has 8 nitrogen and oxygen atoms in total. The van der Waals surface area contributed by atoms with Gasteiger partial charge < -0.3 is 25.0 Å². The average Bonchev–Trinajstić information content (AvgIpc) is 3.27. The van der Waals surface area contributed by atoms with Crippen LogP contribution in [-0.4, -0.2) is 60.3 Å². The number of amides is 1. The Labute approximate surface area is 202 Å². The molecule has 2 fully saturated rings. The van der Waals surface area contributed by atoms with E-state index in [0.717, 1.165) is 43.8 Å². The van der Waals surface area contributed by atoms with E-state index in [-0.39, 0.29) is 42.2 Å². The van der Waals surface area contributed by atoms with Crippen molar-refractivity contribution in [2.45, 2.75) is 71.1 Å². The number of hydrogen-bond donors (Lipinski definition) is 2. The molecular weight excluding hydrogens is 509 g/mol. The molecule has 1 aliphatic heterocycles. The summed E-state index contributed by atoms with van der Waals surface area (Å²) in [6.07, 6.45) is 8.24. The smallest absolute Gasteiger partial charge is 0.409 e. The largest absolute Gasteiger partial charge is 0.474 e. The quantitative estimate of drug-likeness (QED) is 0.309. The molecule has 174 valence electrons. The second-order valence-corrected chi connectivity index (χ2v) is 7.79. The number of aromatic nitrogens is 1. The lowest BCUT2D eigenvalue weighted by Crippen LogP contribution is -2.49. The Kier molecular flexibility index (Phi) is 11.2. The van der Waals surface area contributed by atoms with Gasteiger partial charge in [-0.1, -0.05) is 6.07 Å². The lowest BCUT2D eigenvalue weighted by atomic mass is 10.1. The fraction of sp³-hybridized carbons (Fsp3) is 0.682. The normalized spacial score (nSPS) is 17.7. The summed E-state index contributed by atoms with van der Waals surface area (Å²) in [6.45, 7) is 6.97. The number of piperidine rings is 1. The van der Waals surface area contributed by atoms with E-state index in [1.807, 2.05) is 19.1 Å². The monoisotopic (exact) mass is 545 g/mol. The number of halogens is 1. The molecule has 1 saturated carbocycles. The molecule has 0 bridgehead atoms. The van der Waals surface area contributed by atoms with Gasteiger partial charge in [-0.15, -0.1) is 24.0 Å². The van der Waals surface area contributed by atoms with Gasteiger partial charge in [-0.3, -0.25) is 0 Å². The zero-order valence-electron chi connectivity index (χ0n) is 18.6. The Morgan fingerprint density at radius 1 is 1.23 bits per heavy atom. The molecule has 0 spiro atoms. The van der Waals surface area contributed by atoms with Gasteiger partial charge >= 0.3 is 6.09 Å². The van der Waals surface area contributed by atoms with Crippen LogP contribution in [0.2, 0.25) is 0 Å². The summed E-state index contributed by atoms with van der Waals surface area (Å²) in [7, 11) is 0. The van der Waals surface area contributed by atoms with Crippen molar-refractivity contribution >= 4 is 36.0 Å². The maximum absolute atomic E-state index is 11.9. The molecule has 1 aliphatic carbocycles. The number of rotatable bonds is 7. The minimum atomic E-state index is -0.220. The predicted octanol–water partition coefficient (Wildman–Crippen LogP) is 3.70. The third kappa shape index (κ3) is 8.01. The summed E-state index contributed by atoms with van der Waals surface area (Å²) >= 11 is 0. The Bertz CT molecular complexity index is 704. The molecule has 0 aromatic carbocycles. The number of pyridine rings is 1. The summed E-state index contributed by atoms with van der Waals surface area (Å²) in [5.74, 6) is 1.48. The molecule has 1 aromatic rings. The van der Waals surface area contributed by atoms with Crippen molar-refractivity contribution in [2.24, 2.45) is 4.99 Å². The lowest BCUT2D eigenvalue weighted by Gasteiger charge is -2.32. The van der Waals surface area contributed by atoms with Gasteiger partial charge in [-0.25, -0.2) is 14.8 Å². The SMILES string of the molecule is CCNC(=NCc1cccnc1OC1CCCC1)NC1CCN(C(=O)OCC)CC1.I. The Hall–Kier alpha value is -1.78. The molecule has 2 N–H and O–H groups in total. The molecular formula is C22H36IN5O3. The third-order valence-electron chi connectivity index (χ3n) is 5.54. The standard InChI is InChI=1S/C22H35N5O3.HI/c1-3-23-21(26-18-11-14-27(15-12-18)22(28)29-4-2)25-16-17-8-7-13-24-20(17)30-19-9-5-6-10-19;/h7-8,13,18-19H,3-6,9-12,14-16H2,1-2H3,(H2,23,25,26);1H. The summed E-state index contributed by atoms with van der Waals surface area (Å²) in [6, 6.07) is 4.23. The number of guanidine groups is 1. The summed E-state index contributed by atoms with van der Waals surface area (Å²) in [5.41, 5.74) is 0.999. The Balaban J connectivity index is 0.00000341. The highest BCUT2D eigenvalue weighted by Crippen LogP contribution is 2.25. The van der Waals surface area contributed by atoms with E-state index in [4.69, 9.17) is 14.5 Å². The van der Waals surface area contributed by atoms with Crippen LogP contribution in [0.3, 0.4) is 0 Å². The van der Waals surface area contributed by atoms with Crippen LogP contribution in [0.5, 0.6) is 5.88 Å². The average molecular weight is 545 g/mol. The first kappa shape index (κ1) is 25.5. The molecule has 31 heavy (non-hydrogen) atoms. The summed E-state index contributed by atoms with van der Waals surface area (Å²) in [4.78, 5) is 22.9. The second kappa shape index (κ2) is 13.6. The van der Waals surface area contributed by atoms with Crippen LogP contribution in [-0.2, 0) is 11.3 Å². The predicted molar refractivity (Wildman–Crippen MR) is 132 cm³/mol. The number of nitrogens with one attached hydrogen (secondary N) is 2. The van der Waals surface area contributed by atoms with Gasteiger partial charge in [0.25, 0.3) is 0 Å². The fourth-order valence-electron chi connectivity index (χ4n) is 3.91. The van der Waals surface area contributed by atoms with Gasteiger partial charge in [0.15, 0.2) is 5.96 Å². The van der Waals surface area contributed by atoms with Crippen LogP contribution in [0, 0.1) is 0 Å². The molecule has 3 rings (SSSR count). The molecule has 2 aliphatic rings. The van der Waals surface area contributed by atoms with Gasteiger partial charge in [0, 0.05) is 37.4 Å². The van der Waals surface area contributed by atoms with Gasteiger partial charge in [0.05, 0.1) is 13.2 Å². The van der Waals surface area contributed by atoms with Crippen LogP contribution < -0.4 is 15.4 Å². The van der Waals surface area contributed by atoms with E-state index < -0.39 is 0 Å². The zero-order chi connectivity index (χ0) is 21.2. The fourth-order valence-corrected chi connectivity index (χ4v) is 3.91. The van der Waals surface area contributed by atoms with Crippen molar-refractivity contribution in [3.05, 3.63) is 23.9 Å². The van der Waals surface area contributed by atoms with Crippen LogP contribution >= 0.6 is 24.0 Å².